The Kier molecular flexibility index (Phi) is 4.06. The molecule has 0 saturated carbocycles. The van der Waals surface area contributed by atoms with Gasteiger partial charge >= 0.3 is 5.69 Å². The number of hydrogen-bond acceptors (Lipinski definition) is 4. The van der Waals surface area contributed by atoms with Crippen LogP contribution in [0.5, 0.6) is 0 Å². The molecule has 1 saturated heterocycles. The number of nitrogens with zero attached hydrogens (tertiary/aromatic N) is 2. The van der Waals surface area contributed by atoms with Gasteiger partial charge in [0.25, 0.3) is 0 Å². The van der Waals surface area contributed by atoms with Gasteiger partial charge in [0.1, 0.15) is 0 Å². The molecule has 19 heavy (non-hydrogen) atoms. The molecule has 1 aliphatic rings. The van der Waals surface area contributed by atoms with Gasteiger partial charge in [-0.3, -0.25) is 14.9 Å². The second-order valence-electron chi connectivity index (χ2n) is 4.21. The fourth-order valence-electron chi connectivity index (χ4n) is 1.91. The van der Waals surface area contributed by atoms with E-state index in [9.17, 15) is 19.3 Å². The SMILES string of the molecule is O=C(Cc1ccc([N+](=O)[O-])c(F)c1)N1CCOCC1. The molecule has 1 amide bonds. The lowest BCUT2D eigenvalue weighted by Crippen LogP contribution is -2.41. The van der Waals surface area contributed by atoms with Crippen LogP contribution < -0.4 is 0 Å². The Bertz CT molecular complexity index is 501. The first-order valence-electron chi connectivity index (χ1n) is 5.86. The number of morpholine rings is 1. The third kappa shape index (κ3) is 3.25. The summed E-state index contributed by atoms with van der Waals surface area (Å²) in [6.45, 7) is 2.04. The van der Waals surface area contributed by atoms with E-state index in [-0.39, 0.29) is 12.3 Å². The topological polar surface area (TPSA) is 72.7 Å². The molecule has 0 spiro atoms. The molecule has 0 bridgehead atoms. The average Bonchev–Trinajstić information content (AvgIpc) is 2.39. The van der Waals surface area contributed by atoms with Crippen molar-refractivity contribution in [2.24, 2.45) is 0 Å². The molecule has 0 radical (unpaired) electrons. The molecule has 1 aliphatic heterocycles. The third-order valence-electron chi connectivity index (χ3n) is 2.93. The number of halogens is 1. The van der Waals surface area contributed by atoms with E-state index in [2.05, 4.69) is 0 Å². The lowest BCUT2D eigenvalue weighted by atomic mass is 10.1. The summed E-state index contributed by atoms with van der Waals surface area (Å²) in [7, 11) is 0. The minimum Gasteiger partial charge on any atom is -0.378 e. The van der Waals surface area contributed by atoms with E-state index in [0.717, 1.165) is 12.1 Å². The summed E-state index contributed by atoms with van der Waals surface area (Å²) in [5.41, 5.74) is -0.151. The third-order valence-corrected chi connectivity index (χ3v) is 2.93. The maximum absolute atomic E-state index is 13.4. The fraction of sp³-hybridized carbons (Fsp3) is 0.417. The van der Waals surface area contributed by atoms with Crippen molar-refractivity contribution in [1.29, 1.82) is 0 Å². The Morgan fingerprint density at radius 1 is 1.42 bits per heavy atom. The standard InChI is InChI=1S/C12H13FN2O4/c13-10-7-9(1-2-11(10)15(17)18)8-12(16)14-3-5-19-6-4-14/h1-2,7H,3-6,8H2. The Morgan fingerprint density at radius 2 is 2.11 bits per heavy atom. The molecule has 102 valence electrons. The first-order chi connectivity index (χ1) is 9.08. The molecule has 0 aliphatic carbocycles. The number of ether oxygens (including phenoxy) is 1. The first-order valence-corrected chi connectivity index (χ1v) is 5.86. The van der Waals surface area contributed by atoms with Gasteiger partial charge in [0.15, 0.2) is 0 Å². The monoisotopic (exact) mass is 268 g/mol. The van der Waals surface area contributed by atoms with Gasteiger partial charge in [-0.2, -0.15) is 4.39 Å². The summed E-state index contributed by atoms with van der Waals surface area (Å²) in [6.07, 6.45) is 0.0366. The smallest absolute Gasteiger partial charge is 0.304 e. The van der Waals surface area contributed by atoms with E-state index in [0.29, 0.717) is 31.9 Å². The van der Waals surface area contributed by atoms with Gasteiger partial charge in [-0.25, -0.2) is 0 Å². The number of rotatable bonds is 3. The summed E-state index contributed by atoms with van der Waals surface area (Å²) in [5, 5.41) is 10.5. The molecule has 2 rings (SSSR count). The number of carbonyl (C=O) groups is 1. The van der Waals surface area contributed by atoms with Crippen molar-refractivity contribution in [3.05, 3.63) is 39.7 Å². The first kappa shape index (κ1) is 13.4. The highest BCUT2D eigenvalue weighted by Gasteiger charge is 2.19. The summed E-state index contributed by atoms with van der Waals surface area (Å²) in [5.74, 6) is -1.05. The van der Waals surface area contributed by atoms with Gasteiger partial charge < -0.3 is 9.64 Å². The van der Waals surface area contributed by atoms with Crippen LogP contribution in [0.15, 0.2) is 18.2 Å². The molecule has 0 N–H and O–H groups in total. The fourth-order valence-corrected chi connectivity index (χ4v) is 1.91. The van der Waals surface area contributed by atoms with E-state index in [1.54, 1.807) is 4.90 Å². The highest BCUT2D eigenvalue weighted by molar-refractivity contribution is 5.79. The Labute approximate surface area is 108 Å². The van der Waals surface area contributed by atoms with Crippen LogP contribution in [-0.2, 0) is 16.0 Å². The molecule has 1 heterocycles. The lowest BCUT2D eigenvalue weighted by Gasteiger charge is -2.26. The zero-order chi connectivity index (χ0) is 13.8. The summed E-state index contributed by atoms with van der Waals surface area (Å²) in [4.78, 5) is 23.2. The molecular formula is C12H13FN2O4. The minimum atomic E-state index is -0.919. The average molecular weight is 268 g/mol. The van der Waals surface area contributed by atoms with E-state index in [1.807, 2.05) is 0 Å². The molecule has 0 atom stereocenters. The van der Waals surface area contributed by atoms with Crippen molar-refractivity contribution in [3.8, 4) is 0 Å². The van der Waals surface area contributed by atoms with E-state index in [4.69, 9.17) is 4.74 Å². The zero-order valence-corrected chi connectivity index (χ0v) is 10.2. The second-order valence-corrected chi connectivity index (χ2v) is 4.21. The van der Waals surface area contributed by atoms with Crippen LogP contribution in [0.25, 0.3) is 0 Å². The zero-order valence-electron chi connectivity index (χ0n) is 10.2. The van der Waals surface area contributed by atoms with Crippen LogP contribution in [0.4, 0.5) is 10.1 Å². The Hall–Kier alpha value is -2.02. The highest BCUT2D eigenvalue weighted by atomic mass is 19.1. The number of nitro benzene ring substituents is 1. The maximum atomic E-state index is 13.4. The Morgan fingerprint density at radius 3 is 2.68 bits per heavy atom. The number of carbonyl (C=O) groups excluding carboxylic acids is 1. The minimum absolute atomic E-state index is 0.0366. The van der Waals surface area contributed by atoms with Gasteiger partial charge in [-0.15, -0.1) is 0 Å². The van der Waals surface area contributed by atoms with Crippen LogP contribution in [0.3, 0.4) is 0 Å². The molecule has 1 fully saturated rings. The molecule has 7 heteroatoms. The Balaban J connectivity index is 2.04. The normalized spacial score (nSPS) is 15.3. The van der Waals surface area contributed by atoms with Gasteiger partial charge in [-0.1, -0.05) is 6.07 Å². The molecule has 1 aromatic carbocycles. The van der Waals surface area contributed by atoms with Crippen molar-refractivity contribution < 1.29 is 18.8 Å². The van der Waals surface area contributed by atoms with Crippen LogP contribution in [-0.4, -0.2) is 42.0 Å². The molecule has 0 aromatic heterocycles. The highest BCUT2D eigenvalue weighted by Crippen LogP contribution is 2.18. The quantitative estimate of drug-likeness (QED) is 0.608. The number of benzene rings is 1. The van der Waals surface area contributed by atoms with Gasteiger partial charge in [-0.05, 0) is 11.6 Å². The number of amides is 1. The van der Waals surface area contributed by atoms with Crippen LogP contribution in [0.2, 0.25) is 0 Å². The summed E-state index contributed by atoms with van der Waals surface area (Å²) >= 11 is 0. The summed E-state index contributed by atoms with van der Waals surface area (Å²) < 4.78 is 18.5. The van der Waals surface area contributed by atoms with Crippen molar-refractivity contribution in [3.63, 3.8) is 0 Å². The summed E-state index contributed by atoms with van der Waals surface area (Å²) in [6, 6.07) is 3.52. The molecular weight excluding hydrogens is 255 g/mol. The second kappa shape index (κ2) is 5.75. The molecule has 0 unspecified atom stereocenters. The van der Waals surface area contributed by atoms with Crippen molar-refractivity contribution in [2.45, 2.75) is 6.42 Å². The molecule has 6 nitrogen and oxygen atoms in total. The molecule has 1 aromatic rings. The van der Waals surface area contributed by atoms with Crippen LogP contribution in [0, 0.1) is 15.9 Å². The lowest BCUT2D eigenvalue weighted by molar-refractivity contribution is -0.387. The largest absolute Gasteiger partial charge is 0.378 e. The van der Waals surface area contributed by atoms with E-state index in [1.165, 1.54) is 6.07 Å². The van der Waals surface area contributed by atoms with Crippen molar-refractivity contribution >= 4 is 11.6 Å². The number of nitro groups is 1. The van der Waals surface area contributed by atoms with Crippen LogP contribution in [0.1, 0.15) is 5.56 Å². The van der Waals surface area contributed by atoms with Crippen molar-refractivity contribution in [2.75, 3.05) is 26.3 Å². The predicted molar refractivity (Wildman–Crippen MR) is 64.2 cm³/mol. The van der Waals surface area contributed by atoms with E-state index < -0.39 is 16.4 Å². The van der Waals surface area contributed by atoms with Gasteiger partial charge in [0.2, 0.25) is 11.7 Å². The van der Waals surface area contributed by atoms with Crippen LogP contribution >= 0.6 is 0 Å². The predicted octanol–water partition coefficient (Wildman–Crippen LogP) is 1.14. The van der Waals surface area contributed by atoms with Gasteiger partial charge in [0.05, 0.1) is 24.6 Å². The van der Waals surface area contributed by atoms with Crippen molar-refractivity contribution in [1.82, 2.24) is 4.90 Å². The van der Waals surface area contributed by atoms with E-state index >= 15 is 0 Å². The number of hydrogen-bond donors (Lipinski definition) is 0. The van der Waals surface area contributed by atoms with Gasteiger partial charge in [0, 0.05) is 19.2 Å². The maximum Gasteiger partial charge on any atom is 0.304 e.